The van der Waals surface area contributed by atoms with Gasteiger partial charge in [0.25, 0.3) is 0 Å². The van der Waals surface area contributed by atoms with Gasteiger partial charge in [0.2, 0.25) is 0 Å². The molecular formula is C17H20N4O. The van der Waals surface area contributed by atoms with Crippen LogP contribution in [0, 0.1) is 13.8 Å². The molecule has 0 spiro atoms. The Morgan fingerprint density at radius 2 is 1.86 bits per heavy atom. The van der Waals surface area contributed by atoms with Gasteiger partial charge in [-0.2, -0.15) is 5.10 Å². The van der Waals surface area contributed by atoms with Crippen LogP contribution in [0.15, 0.2) is 24.3 Å². The summed E-state index contributed by atoms with van der Waals surface area (Å²) in [6.45, 7) is 6.09. The molecule has 114 valence electrons. The predicted molar refractivity (Wildman–Crippen MR) is 88.6 cm³/mol. The van der Waals surface area contributed by atoms with Gasteiger partial charge in [0, 0.05) is 18.4 Å². The average molecular weight is 296 g/mol. The predicted octanol–water partition coefficient (Wildman–Crippen LogP) is 3.53. The van der Waals surface area contributed by atoms with Crippen molar-refractivity contribution in [3.63, 3.8) is 0 Å². The van der Waals surface area contributed by atoms with E-state index in [-0.39, 0.29) is 6.10 Å². The van der Waals surface area contributed by atoms with E-state index < -0.39 is 0 Å². The molecule has 3 aromatic rings. The number of nitrogens with one attached hydrogen (secondary N) is 1. The van der Waals surface area contributed by atoms with Gasteiger partial charge in [-0.3, -0.25) is 5.10 Å². The van der Waals surface area contributed by atoms with E-state index in [0.717, 1.165) is 33.3 Å². The van der Waals surface area contributed by atoms with Crippen LogP contribution in [0.3, 0.4) is 0 Å². The first kappa shape index (κ1) is 14.5. The summed E-state index contributed by atoms with van der Waals surface area (Å²) in [4.78, 5) is 4.56. The lowest BCUT2D eigenvalue weighted by Gasteiger charge is -2.13. The first-order chi connectivity index (χ1) is 10.5. The Bertz CT molecular complexity index is 821. The molecule has 22 heavy (non-hydrogen) atoms. The minimum atomic E-state index is 0.0846. The number of aryl methyl sites for hydroxylation is 2. The summed E-state index contributed by atoms with van der Waals surface area (Å²) in [5, 5.41) is 7.85. The zero-order chi connectivity index (χ0) is 15.9. The summed E-state index contributed by atoms with van der Waals surface area (Å²) >= 11 is 0. The normalized spacial score (nSPS) is 12.7. The lowest BCUT2D eigenvalue weighted by molar-refractivity contribution is 0.119. The summed E-state index contributed by atoms with van der Waals surface area (Å²) in [5.74, 6) is 0.561. The van der Waals surface area contributed by atoms with E-state index in [1.54, 1.807) is 7.11 Å². The fourth-order valence-electron chi connectivity index (χ4n) is 2.89. The lowest BCUT2D eigenvalue weighted by atomic mass is 9.96. The van der Waals surface area contributed by atoms with Crippen molar-refractivity contribution in [1.82, 2.24) is 15.2 Å². The van der Waals surface area contributed by atoms with Gasteiger partial charge < -0.3 is 10.5 Å². The molecule has 1 unspecified atom stereocenters. The van der Waals surface area contributed by atoms with E-state index in [1.807, 2.05) is 13.8 Å². The molecule has 1 atom stereocenters. The monoisotopic (exact) mass is 296 g/mol. The van der Waals surface area contributed by atoms with Crippen molar-refractivity contribution in [2.24, 2.45) is 0 Å². The van der Waals surface area contributed by atoms with Crippen LogP contribution in [-0.2, 0) is 4.74 Å². The number of pyridine rings is 1. The maximum absolute atomic E-state index is 5.98. The number of anilines is 1. The van der Waals surface area contributed by atoms with Crippen LogP contribution >= 0.6 is 0 Å². The molecule has 0 saturated carbocycles. The van der Waals surface area contributed by atoms with Crippen LogP contribution in [0.25, 0.3) is 22.2 Å². The Morgan fingerprint density at radius 1 is 1.18 bits per heavy atom. The molecule has 0 aliphatic rings. The summed E-state index contributed by atoms with van der Waals surface area (Å²) in [5.41, 5.74) is 12.1. The molecule has 0 amide bonds. The van der Waals surface area contributed by atoms with Gasteiger partial charge in [-0.15, -0.1) is 0 Å². The molecule has 0 saturated heterocycles. The van der Waals surface area contributed by atoms with Crippen LogP contribution < -0.4 is 5.73 Å². The molecule has 2 heterocycles. The Labute approximate surface area is 129 Å². The van der Waals surface area contributed by atoms with Crippen molar-refractivity contribution in [2.75, 3.05) is 12.8 Å². The topological polar surface area (TPSA) is 76.8 Å². The number of rotatable bonds is 3. The number of methoxy groups -OCH3 is 1. The highest BCUT2D eigenvalue weighted by Crippen LogP contribution is 2.33. The van der Waals surface area contributed by atoms with E-state index in [1.165, 1.54) is 0 Å². The summed E-state index contributed by atoms with van der Waals surface area (Å²) in [6.07, 6.45) is 0.0846. The van der Waals surface area contributed by atoms with Gasteiger partial charge in [0.1, 0.15) is 5.82 Å². The van der Waals surface area contributed by atoms with Crippen LogP contribution in [0.2, 0.25) is 0 Å². The molecule has 1 aromatic carbocycles. The summed E-state index contributed by atoms with van der Waals surface area (Å²) < 4.78 is 5.35. The highest BCUT2D eigenvalue weighted by molar-refractivity contribution is 5.94. The molecule has 5 heteroatoms. The number of hydrogen-bond donors (Lipinski definition) is 2. The largest absolute Gasteiger partial charge is 0.384 e. The standard InChI is InChI=1S/C17H20N4O/c1-9-14(10(2)19-17-15(9)16(18)20-21-17)13-7-5-12(6-8-13)11(3)22-4/h5-8,11H,1-4H3,(H3,18,19,20,21). The fraction of sp³-hybridized carbons (Fsp3) is 0.294. The highest BCUT2D eigenvalue weighted by atomic mass is 16.5. The van der Waals surface area contributed by atoms with E-state index in [9.17, 15) is 0 Å². The van der Waals surface area contributed by atoms with E-state index >= 15 is 0 Å². The number of H-pyrrole nitrogens is 1. The van der Waals surface area contributed by atoms with Crippen LogP contribution in [0.5, 0.6) is 0 Å². The quantitative estimate of drug-likeness (QED) is 0.775. The second kappa shape index (κ2) is 5.42. The third-order valence-corrected chi connectivity index (χ3v) is 4.18. The zero-order valence-corrected chi connectivity index (χ0v) is 13.3. The number of nitrogens with zero attached hydrogens (tertiary/aromatic N) is 2. The summed E-state index contributed by atoms with van der Waals surface area (Å²) in [7, 11) is 1.71. The minimum absolute atomic E-state index is 0.0846. The third-order valence-electron chi connectivity index (χ3n) is 4.18. The second-order valence-corrected chi connectivity index (χ2v) is 5.53. The van der Waals surface area contributed by atoms with Crippen molar-refractivity contribution in [3.8, 4) is 11.1 Å². The molecule has 0 aliphatic carbocycles. The van der Waals surface area contributed by atoms with Gasteiger partial charge in [0.15, 0.2) is 5.65 Å². The average Bonchev–Trinajstić information content (AvgIpc) is 2.88. The Kier molecular flexibility index (Phi) is 3.58. The molecule has 3 N–H and O–H groups in total. The Balaban J connectivity index is 2.15. The van der Waals surface area contributed by atoms with Crippen LogP contribution in [0.1, 0.15) is 29.8 Å². The fourth-order valence-corrected chi connectivity index (χ4v) is 2.89. The highest BCUT2D eigenvalue weighted by Gasteiger charge is 2.15. The molecular weight excluding hydrogens is 276 g/mol. The first-order valence-corrected chi connectivity index (χ1v) is 7.26. The molecule has 0 bridgehead atoms. The van der Waals surface area contributed by atoms with E-state index in [2.05, 4.69) is 46.4 Å². The van der Waals surface area contributed by atoms with Crippen molar-refractivity contribution in [3.05, 3.63) is 41.1 Å². The number of nitrogens with two attached hydrogens (primary N) is 1. The smallest absolute Gasteiger partial charge is 0.183 e. The van der Waals surface area contributed by atoms with Gasteiger partial charge in [-0.25, -0.2) is 4.98 Å². The third kappa shape index (κ3) is 2.23. The van der Waals surface area contributed by atoms with Gasteiger partial charge in [-0.05, 0) is 37.5 Å². The Hall–Kier alpha value is -2.40. The molecule has 0 fully saturated rings. The van der Waals surface area contributed by atoms with E-state index in [4.69, 9.17) is 10.5 Å². The first-order valence-electron chi connectivity index (χ1n) is 7.26. The molecule has 3 rings (SSSR count). The van der Waals surface area contributed by atoms with E-state index in [0.29, 0.717) is 11.5 Å². The van der Waals surface area contributed by atoms with Crippen molar-refractivity contribution in [1.29, 1.82) is 0 Å². The summed E-state index contributed by atoms with van der Waals surface area (Å²) in [6, 6.07) is 8.38. The van der Waals surface area contributed by atoms with Crippen LogP contribution in [0.4, 0.5) is 5.82 Å². The Morgan fingerprint density at radius 3 is 2.50 bits per heavy atom. The number of fused-ring (bicyclic) bond motifs is 1. The molecule has 0 radical (unpaired) electrons. The molecule has 0 aliphatic heterocycles. The molecule has 2 aromatic heterocycles. The van der Waals surface area contributed by atoms with Crippen LogP contribution in [-0.4, -0.2) is 22.3 Å². The second-order valence-electron chi connectivity index (χ2n) is 5.53. The van der Waals surface area contributed by atoms with Crippen molar-refractivity contribution in [2.45, 2.75) is 26.9 Å². The number of hydrogen-bond acceptors (Lipinski definition) is 4. The maximum atomic E-state index is 5.98. The number of nitrogen functional groups attached to an aromatic ring is 1. The minimum Gasteiger partial charge on any atom is -0.384 e. The zero-order valence-electron chi connectivity index (χ0n) is 13.3. The van der Waals surface area contributed by atoms with Gasteiger partial charge >= 0.3 is 0 Å². The van der Waals surface area contributed by atoms with Crippen molar-refractivity contribution < 1.29 is 4.74 Å². The van der Waals surface area contributed by atoms with Crippen molar-refractivity contribution >= 4 is 16.9 Å². The molecule has 5 nitrogen and oxygen atoms in total. The van der Waals surface area contributed by atoms with Gasteiger partial charge in [-0.1, -0.05) is 24.3 Å². The number of benzene rings is 1. The SMILES string of the molecule is COC(C)c1ccc(-c2c(C)nc3n[nH]c(N)c3c2C)cc1. The van der Waals surface area contributed by atoms with Gasteiger partial charge in [0.05, 0.1) is 11.5 Å². The number of ether oxygens (including phenoxy) is 1. The lowest BCUT2D eigenvalue weighted by Crippen LogP contribution is -1.97. The number of aromatic nitrogens is 3. The maximum Gasteiger partial charge on any atom is 0.183 e. The number of aromatic amines is 1.